The Bertz CT molecular complexity index is 288. The lowest BCUT2D eigenvalue weighted by Gasteiger charge is -2.26. The van der Waals surface area contributed by atoms with Gasteiger partial charge in [0.05, 0.1) is 11.5 Å². The molecule has 0 radical (unpaired) electrons. The normalized spacial score (nSPS) is 21.6. The summed E-state index contributed by atoms with van der Waals surface area (Å²) in [5, 5.41) is 8.82. The molecule has 5 nitrogen and oxygen atoms in total. The maximum Gasteiger partial charge on any atom is 0.308 e. The van der Waals surface area contributed by atoms with E-state index in [0.29, 0.717) is 19.5 Å². The Labute approximate surface area is 95.4 Å². The van der Waals surface area contributed by atoms with E-state index >= 15 is 0 Å². The summed E-state index contributed by atoms with van der Waals surface area (Å²) >= 11 is 0. The molecular weight excluding hydrogens is 210 g/mol. The average Bonchev–Trinajstić information content (AvgIpc) is 2.57. The van der Waals surface area contributed by atoms with Crippen LogP contribution in [0.4, 0.5) is 0 Å². The van der Waals surface area contributed by atoms with E-state index in [9.17, 15) is 9.59 Å². The van der Waals surface area contributed by atoms with Gasteiger partial charge in [0.2, 0.25) is 5.91 Å². The highest BCUT2D eigenvalue weighted by atomic mass is 16.5. The number of hydrogen-bond donors (Lipinski definition) is 1. The van der Waals surface area contributed by atoms with Crippen molar-refractivity contribution in [3.63, 3.8) is 0 Å². The summed E-state index contributed by atoms with van der Waals surface area (Å²) in [6, 6.07) is 0. The molecule has 1 unspecified atom stereocenters. The minimum absolute atomic E-state index is 0.0701. The maximum absolute atomic E-state index is 11.5. The van der Waals surface area contributed by atoms with E-state index in [2.05, 4.69) is 0 Å². The van der Waals surface area contributed by atoms with Crippen molar-refractivity contribution in [1.82, 2.24) is 4.90 Å². The number of rotatable bonds is 5. The van der Waals surface area contributed by atoms with Crippen LogP contribution in [0.25, 0.3) is 0 Å². The fourth-order valence-corrected chi connectivity index (χ4v) is 1.66. The lowest BCUT2D eigenvalue weighted by molar-refractivity contribution is -0.141. The van der Waals surface area contributed by atoms with Gasteiger partial charge in [-0.3, -0.25) is 9.59 Å². The molecule has 0 aromatic rings. The van der Waals surface area contributed by atoms with Gasteiger partial charge in [-0.25, -0.2) is 0 Å². The second-order valence-electron chi connectivity index (χ2n) is 4.79. The summed E-state index contributed by atoms with van der Waals surface area (Å²) in [6.07, 6.45) is 0.838. The SMILES string of the molecule is COC(C)(C)CCN1CC(C(=O)O)CC1=O. The van der Waals surface area contributed by atoms with Gasteiger partial charge in [-0.05, 0) is 20.3 Å². The molecule has 1 fully saturated rings. The Morgan fingerprint density at radius 3 is 2.69 bits per heavy atom. The molecule has 0 saturated carbocycles. The van der Waals surface area contributed by atoms with E-state index in [-0.39, 0.29) is 17.9 Å². The second-order valence-corrected chi connectivity index (χ2v) is 4.79. The zero-order valence-corrected chi connectivity index (χ0v) is 10.0. The van der Waals surface area contributed by atoms with Gasteiger partial charge >= 0.3 is 5.97 Å². The molecule has 1 amide bonds. The van der Waals surface area contributed by atoms with Gasteiger partial charge in [-0.1, -0.05) is 0 Å². The van der Waals surface area contributed by atoms with Crippen LogP contribution in [0.1, 0.15) is 26.7 Å². The number of carbonyl (C=O) groups is 2. The first-order chi connectivity index (χ1) is 7.35. The Hall–Kier alpha value is -1.10. The molecule has 0 aromatic carbocycles. The van der Waals surface area contributed by atoms with E-state index < -0.39 is 11.9 Å². The van der Waals surface area contributed by atoms with Gasteiger partial charge in [-0.15, -0.1) is 0 Å². The van der Waals surface area contributed by atoms with Crippen molar-refractivity contribution in [3.05, 3.63) is 0 Å². The minimum atomic E-state index is -0.887. The molecule has 92 valence electrons. The zero-order valence-electron chi connectivity index (χ0n) is 10.0. The van der Waals surface area contributed by atoms with Gasteiger partial charge in [0.15, 0.2) is 0 Å². The summed E-state index contributed by atoms with van der Waals surface area (Å²) in [5.41, 5.74) is -0.276. The summed E-state index contributed by atoms with van der Waals surface area (Å²) in [6.45, 7) is 4.78. The van der Waals surface area contributed by atoms with Crippen LogP contribution in [0.3, 0.4) is 0 Å². The first-order valence-corrected chi connectivity index (χ1v) is 5.41. The Morgan fingerprint density at radius 2 is 2.25 bits per heavy atom. The standard InChI is InChI=1S/C11H19NO4/c1-11(2,16-3)4-5-12-7-8(10(14)15)6-9(12)13/h8H,4-7H2,1-3H3,(H,14,15). The molecule has 0 bridgehead atoms. The quantitative estimate of drug-likeness (QED) is 0.755. The number of carboxylic acid groups (broad SMARTS) is 1. The molecule has 1 aliphatic rings. The molecule has 16 heavy (non-hydrogen) atoms. The van der Waals surface area contributed by atoms with Crippen LogP contribution in [0.2, 0.25) is 0 Å². The Kier molecular flexibility index (Phi) is 3.91. The number of aliphatic carboxylic acids is 1. The van der Waals surface area contributed by atoms with Crippen molar-refractivity contribution >= 4 is 11.9 Å². The van der Waals surface area contributed by atoms with Gasteiger partial charge in [-0.2, -0.15) is 0 Å². The van der Waals surface area contributed by atoms with Crippen molar-refractivity contribution in [2.45, 2.75) is 32.3 Å². The zero-order chi connectivity index (χ0) is 12.3. The molecule has 1 saturated heterocycles. The molecule has 5 heteroatoms. The van der Waals surface area contributed by atoms with Gasteiger partial charge < -0.3 is 14.7 Å². The van der Waals surface area contributed by atoms with Gasteiger partial charge in [0.1, 0.15) is 0 Å². The largest absolute Gasteiger partial charge is 0.481 e. The minimum Gasteiger partial charge on any atom is -0.481 e. The summed E-state index contributed by atoms with van der Waals surface area (Å²) < 4.78 is 5.25. The van der Waals surface area contributed by atoms with Crippen molar-refractivity contribution in [2.24, 2.45) is 5.92 Å². The van der Waals surface area contributed by atoms with E-state index in [1.165, 1.54) is 0 Å². The van der Waals surface area contributed by atoms with E-state index in [1.54, 1.807) is 12.0 Å². The molecule has 0 aromatic heterocycles. The predicted octanol–water partition coefficient (Wildman–Crippen LogP) is 0.735. The monoisotopic (exact) mass is 229 g/mol. The van der Waals surface area contributed by atoms with Crippen molar-refractivity contribution < 1.29 is 19.4 Å². The lowest BCUT2D eigenvalue weighted by atomic mass is 10.1. The molecule has 1 rings (SSSR count). The molecule has 1 heterocycles. The number of carbonyl (C=O) groups excluding carboxylic acids is 1. The van der Waals surface area contributed by atoms with Crippen LogP contribution in [-0.4, -0.2) is 47.7 Å². The summed E-state index contributed by atoms with van der Waals surface area (Å²) in [5.74, 6) is -1.50. The number of methoxy groups -OCH3 is 1. The molecule has 0 spiro atoms. The van der Waals surface area contributed by atoms with E-state index in [1.807, 2.05) is 13.8 Å². The van der Waals surface area contributed by atoms with Crippen molar-refractivity contribution in [1.29, 1.82) is 0 Å². The first-order valence-electron chi connectivity index (χ1n) is 5.41. The Morgan fingerprint density at radius 1 is 1.62 bits per heavy atom. The molecule has 1 aliphatic heterocycles. The second kappa shape index (κ2) is 4.82. The molecule has 1 N–H and O–H groups in total. The highest BCUT2D eigenvalue weighted by molar-refractivity contribution is 5.86. The van der Waals surface area contributed by atoms with E-state index in [0.717, 1.165) is 0 Å². The van der Waals surface area contributed by atoms with Crippen molar-refractivity contribution in [2.75, 3.05) is 20.2 Å². The topological polar surface area (TPSA) is 66.8 Å². The first kappa shape index (κ1) is 13.0. The van der Waals surface area contributed by atoms with Crippen molar-refractivity contribution in [3.8, 4) is 0 Å². The number of nitrogens with zero attached hydrogens (tertiary/aromatic N) is 1. The highest BCUT2D eigenvalue weighted by Crippen LogP contribution is 2.21. The summed E-state index contributed by atoms with van der Waals surface area (Å²) in [4.78, 5) is 23.9. The highest BCUT2D eigenvalue weighted by Gasteiger charge is 2.34. The predicted molar refractivity (Wildman–Crippen MR) is 58.0 cm³/mol. The Balaban J connectivity index is 2.45. The van der Waals surface area contributed by atoms with Crippen LogP contribution in [0.15, 0.2) is 0 Å². The third-order valence-electron chi connectivity index (χ3n) is 3.10. The number of carboxylic acids is 1. The fourth-order valence-electron chi connectivity index (χ4n) is 1.66. The summed E-state index contributed by atoms with van der Waals surface area (Å²) in [7, 11) is 1.63. The fraction of sp³-hybridized carbons (Fsp3) is 0.818. The molecule has 1 atom stereocenters. The van der Waals surface area contributed by atoms with Crippen LogP contribution >= 0.6 is 0 Å². The average molecular weight is 229 g/mol. The van der Waals surface area contributed by atoms with Gasteiger partial charge in [0, 0.05) is 26.6 Å². The number of ether oxygens (including phenoxy) is 1. The van der Waals surface area contributed by atoms with Gasteiger partial charge in [0.25, 0.3) is 0 Å². The van der Waals surface area contributed by atoms with E-state index in [4.69, 9.17) is 9.84 Å². The van der Waals surface area contributed by atoms with Crippen LogP contribution in [0.5, 0.6) is 0 Å². The number of likely N-dealkylation sites (tertiary alicyclic amines) is 1. The molecular formula is C11H19NO4. The van der Waals surface area contributed by atoms with Crippen LogP contribution in [0, 0.1) is 5.92 Å². The number of amides is 1. The van der Waals surface area contributed by atoms with Crippen LogP contribution in [-0.2, 0) is 14.3 Å². The van der Waals surface area contributed by atoms with Crippen LogP contribution < -0.4 is 0 Å². The smallest absolute Gasteiger partial charge is 0.308 e. The third kappa shape index (κ3) is 3.20. The maximum atomic E-state index is 11.5. The number of hydrogen-bond acceptors (Lipinski definition) is 3. The molecule has 0 aliphatic carbocycles. The third-order valence-corrected chi connectivity index (χ3v) is 3.10. The lowest BCUT2D eigenvalue weighted by Crippen LogP contribution is -2.33.